The molecule has 0 radical (unpaired) electrons. The van der Waals surface area contributed by atoms with Gasteiger partial charge < -0.3 is 19.5 Å². The zero-order valence-electron chi connectivity index (χ0n) is 14.2. The molecule has 128 valence electrons. The monoisotopic (exact) mass is 329 g/mol. The molecule has 0 aliphatic carbocycles. The molecule has 0 bridgehead atoms. The average molecular weight is 329 g/mol. The van der Waals surface area contributed by atoms with Gasteiger partial charge in [-0.15, -0.1) is 0 Å². The van der Waals surface area contributed by atoms with Gasteiger partial charge >= 0.3 is 0 Å². The quantitative estimate of drug-likeness (QED) is 0.809. The molecule has 5 nitrogen and oxygen atoms in total. The number of hydrogen-bond donors (Lipinski definition) is 1. The molecule has 0 saturated carbocycles. The lowest BCUT2D eigenvalue weighted by atomic mass is 10.1. The predicted octanol–water partition coefficient (Wildman–Crippen LogP) is 2.93. The van der Waals surface area contributed by atoms with Gasteiger partial charge in [0.05, 0.1) is 13.7 Å². The first kappa shape index (κ1) is 17.8. The summed E-state index contributed by atoms with van der Waals surface area (Å²) in [6.45, 7) is 2.73. The van der Waals surface area contributed by atoms with Crippen molar-refractivity contribution >= 4 is 5.91 Å². The standard InChI is InChI=1S/C19H23NO4/c1-14(24-18-9-7-17(23-3)8-10-18)19(21)20-12-15-5-4-6-16(11-15)13-22-2/h4-11,14H,12-13H2,1-3H3,(H,20,21). The van der Waals surface area contributed by atoms with Crippen molar-refractivity contribution in [3.05, 3.63) is 59.7 Å². The third-order valence-corrected chi connectivity index (χ3v) is 3.51. The highest BCUT2D eigenvalue weighted by Crippen LogP contribution is 2.18. The minimum absolute atomic E-state index is 0.164. The van der Waals surface area contributed by atoms with Crippen molar-refractivity contribution in [3.8, 4) is 11.5 Å². The number of amides is 1. The van der Waals surface area contributed by atoms with E-state index in [2.05, 4.69) is 5.32 Å². The zero-order chi connectivity index (χ0) is 17.4. The van der Waals surface area contributed by atoms with Crippen LogP contribution in [0.5, 0.6) is 11.5 Å². The number of hydrogen-bond acceptors (Lipinski definition) is 4. The first-order valence-corrected chi connectivity index (χ1v) is 7.77. The van der Waals surface area contributed by atoms with Crippen LogP contribution in [0.15, 0.2) is 48.5 Å². The number of carbonyl (C=O) groups is 1. The molecular formula is C19H23NO4. The Morgan fingerprint density at radius 1 is 1.04 bits per heavy atom. The lowest BCUT2D eigenvalue weighted by Gasteiger charge is -2.15. The summed E-state index contributed by atoms with van der Waals surface area (Å²) in [6.07, 6.45) is -0.583. The normalized spacial score (nSPS) is 11.6. The molecule has 2 aromatic rings. The molecule has 0 aliphatic rings. The van der Waals surface area contributed by atoms with Crippen molar-refractivity contribution < 1.29 is 19.0 Å². The van der Waals surface area contributed by atoms with E-state index in [9.17, 15) is 4.79 Å². The molecule has 1 unspecified atom stereocenters. The minimum Gasteiger partial charge on any atom is -0.497 e. The summed E-state index contributed by atoms with van der Waals surface area (Å²) < 4.78 is 15.8. The fourth-order valence-corrected chi connectivity index (χ4v) is 2.24. The maximum absolute atomic E-state index is 12.2. The van der Waals surface area contributed by atoms with Crippen molar-refractivity contribution in [1.82, 2.24) is 5.32 Å². The van der Waals surface area contributed by atoms with E-state index in [0.717, 1.165) is 16.9 Å². The second-order valence-corrected chi connectivity index (χ2v) is 5.41. The highest BCUT2D eigenvalue weighted by Gasteiger charge is 2.14. The Kier molecular flexibility index (Phi) is 6.63. The van der Waals surface area contributed by atoms with Gasteiger partial charge in [-0.3, -0.25) is 4.79 Å². The molecule has 1 amide bonds. The number of ether oxygens (including phenoxy) is 3. The summed E-state index contributed by atoms with van der Waals surface area (Å²) in [5.74, 6) is 1.21. The molecule has 0 aliphatic heterocycles. The molecule has 1 atom stereocenters. The van der Waals surface area contributed by atoms with Crippen LogP contribution in [-0.2, 0) is 22.7 Å². The lowest BCUT2D eigenvalue weighted by Crippen LogP contribution is -2.35. The topological polar surface area (TPSA) is 56.8 Å². The highest BCUT2D eigenvalue weighted by atomic mass is 16.5. The fourth-order valence-electron chi connectivity index (χ4n) is 2.24. The summed E-state index contributed by atoms with van der Waals surface area (Å²) in [5.41, 5.74) is 2.10. The van der Waals surface area contributed by atoms with E-state index in [4.69, 9.17) is 14.2 Å². The van der Waals surface area contributed by atoms with Crippen LogP contribution >= 0.6 is 0 Å². The van der Waals surface area contributed by atoms with Crippen LogP contribution < -0.4 is 14.8 Å². The molecule has 0 fully saturated rings. The van der Waals surface area contributed by atoms with Gasteiger partial charge in [0.15, 0.2) is 6.10 Å². The van der Waals surface area contributed by atoms with Gasteiger partial charge in [-0.1, -0.05) is 24.3 Å². The maximum Gasteiger partial charge on any atom is 0.261 e. The number of nitrogens with one attached hydrogen (secondary N) is 1. The van der Waals surface area contributed by atoms with Crippen molar-refractivity contribution in [2.75, 3.05) is 14.2 Å². The molecule has 0 spiro atoms. The molecule has 0 aromatic heterocycles. The van der Waals surface area contributed by atoms with Crippen LogP contribution in [0.25, 0.3) is 0 Å². The second-order valence-electron chi connectivity index (χ2n) is 5.41. The summed E-state index contributed by atoms with van der Waals surface area (Å²) in [6, 6.07) is 15.1. The van der Waals surface area contributed by atoms with Crippen LogP contribution in [0, 0.1) is 0 Å². The molecule has 24 heavy (non-hydrogen) atoms. The van der Waals surface area contributed by atoms with Gasteiger partial charge in [0, 0.05) is 13.7 Å². The minimum atomic E-state index is -0.583. The van der Waals surface area contributed by atoms with Gasteiger partial charge in [0.1, 0.15) is 11.5 Å². The second kappa shape index (κ2) is 8.93. The van der Waals surface area contributed by atoms with Gasteiger partial charge in [-0.05, 0) is 42.3 Å². The largest absolute Gasteiger partial charge is 0.497 e. The van der Waals surface area contributed by atoms with Gasteiger partial charge in [0.2, 0.25) is 0 Å². The van der Waals surface area contributed by atoms with Crippen LogP contribution in [0.4, 0.5) is 0 Å². The smallest absolute Gasteiger partial charge is 0.261 e. The van der Waals surface area contributed by atoms with E-state index in [1.807, 2.05) is 24.3 Å². The number of methoxy groups -OCH3 is 2. The van der Waals surface area contributed by atoms with Crippen LogP contribution in [0.1, 0.15) is 18.1 Å². The van der Waals surface area contributed by atoms with E-state index in [0.29, 0.717) is 18.9 Å². The van der Waals surface area contributed by atoms with Gasteiger partial charge in [-0.25, -0.2) is 0 Å². The molecular weight excluding hydrogens is 306 g/mol. The third-order valence-electron chi connectivity index (χ3n) is 3.51. The molecule has 1 N–H and O–H groups in total. The summed E-state index contributed by atoms with van der Waals surface area (Å²) >= 11 is 0. The van der Waals surface area contributed by atoms with E-state index >= 15 is 0 Å². The van der Waals surface area contributed by atoms with Gasteiger partial charge in [0.25, 0.3) is 5.91 Å². The number of benzene rings is 2. The van der Waals surface area contributed by atoms with Crippen LogP contribution in [0.3, 0.4) is 0 Å². The van der Waals surface area contributed by atoms with Crippen molar-refractivity contribution in [1.29, 1.82) is 0 Å². The molecule has 0 heterocycles. The molecule has 0 saturated heterocycles. The van der Waals surface area contributed by atoms with E-state index in [-0.39, 0.29) is 5.91 Å². The van der Waals surface area contributed by atoms with Crippen LogP contribution in [-0.4, -0.2) is 26.2 Å². The van der Waals surface area contributed by atoms with E-state index in [1.54, 1.807) is 45.4 Å². The van der Waals surface area contributed by atoms with Crippen molar-refractivity contribution in [2.24, 2.45) is 0 Å². The predicted molar refractivity (Wildman–Crippen MR) is 92.1 cm³/mol. The Balaban J connectivity index is 1.85. The Labute approximate surface area is 142 Å². The Bertz CT molecular complexity index is 655. The first-order chi connectivity index (χ1) is 11.6. The fraction of sp³-hybridized carbons (Fsp3) is 0.316. The Morgan fingerprint density at radius 2 is 1.71 bits per heavy atom. The lowest BCUT2D eigenvalue weighted by molar-refractivity contribution is -0.127. The SMILES string of the molecule is COCc1cccc(CNC(=O)C(C)Oc2ccc(OC)cc2)c1. The van der Waals surface area contributed by atoms with Crippen molar-refractivity contribution in [3.63, 3.8) is 0 Å². The van der Waals surface area contributed by atoms with Crippen molar-refractivity contribution in [2.45, 2.75) is 26.2 Å². The zero-order valence-corrected chi connectivity index (χ0v) is 14.2. The molecule has 2 rings (SSSR count). The first-order valence-electron chi connectivity index (χ1n) is 7.77. The Morgan fingerprint density at radius 3 is 2.38 bits per heavy atom. The maximum atomic E-state index is 12.2. The summed E-state index contributed by atoms with van der Waals surface area (Å²) in [7, 11) is 3.26. The molecule has 2 aromatic carbocycles. The molecule has 5 heteroatoms. The summed E-state index contributed by atoms with van der Waals surface area (Å²) in [5, 5.41) is 2.88. The number of carbonyl (C=O) groups excluding carboxylic acids is 1. The van der Waals surface area contributed by atoms with E-state index < -0.39 is 6.10 Å². The highest BCUT2D eigenvalue weighted by molar-refractivity contribution is 5.80. The van der Waals surface area contributed by atoms with Gasteiger partial charge in [-0.2, -0.15) is 0 Å². The van der Waals surface area contributed by atoms with E-state index in [1.165, 1.54) is 0 Å². The Hall–Kier alpha value is -2.53. The number of rotatable bonds is 8. The third kappa shape index (κ3) is 5.28. The average Bonchev–Trinajstić information content (AvgIpc) is 2.61. The summed E-state index contributed by atoms with van der Waals surface area (Å²) in [4.78, 5) is 12.2. The van der Waals surface area contributed by atoms with Crippen LogP contribution in [0.2, 0.25) is 0 Å².